The first-order valence-electron chi connectivity index (χ1n) is 9.82. The van der Waals surface area contributed by atoms with E-state index in [4.69, 9.17) is 4.98 Å². The molecule has 4 aromatic rings. The van der Waals surface area contributed by atoms with E-state index in [-0.39, 0.29) is 0 Å². The molecule has 0 radical (unpaired) electrons. The van der Waals surface area contributed by atoms with Crippen LogP contribution in [0.2, 0.25) is 0 Å². The number of rotatable bonds is 0. The molecule has 0 fully saturated rings. The number of hydrogen-bond donors (Lipinski definition) is 0. The Labute approximate surface area is 163 Å². The Balaban J connectivity index is 1.53. The molecule has 4 heterocycles. The molecule has 3 heteroatoms. The Hall–Kier alpha value is -3.46. The topological polar surface area (TPSA) is 29.0 Å². The zero-order valence-corrected chi connectivity index (χ0v) is 15.3. The number of aromatic nitrogens is 2. The molecule has 0 saturated carbocycles. The van der Waals surface area contributed by atoms with Crippen LogP contribution in [0.1, 0.15) is 33.6 Å². The molecule has 0 unspecified atom stereocenters. The smallest absolute Gasteiger partial charge is 0.0717 e. The normalized spacial score (nSPS) is 14.6. The monoisotopic (exact) mass is 359 g/mol. The first-order valence-corrected chi connectivity index (χ1v) is 9.82. The molecule has 1 aliphatic carbocycles. The number of fused-ring (bicyclic) bond motifs is 7. The molecule has 0 spiro atoms. The molecule has 132 valence electrons. The fourth-order valence-electron chi connectivity index (χ4n) is 5.16. The van der Waals surface area contributed by atoms with E-state index in [2.05, 4.69) is 58.4 Å². The number of pyridine rings is 2. The van der Waals surface area contributed by atoms with Crippen LogP contribution in [0.5, 0.6) is 0 Å². The van der Waals surface area contributed by atoms with Gasteiger partial charge in [-0.3, -0.25) is 9.97 Å². The van der Waals surface area contributed by atoms with E-state index in [9.17, 15) is 0 Å². The van der Waals surface area contributed by atoms with E-state index >= 15 is 0 Å². The van der Waals surface area contributed by atoms with Crippen molar-refractivity contribution in [1.29, 1.82) is 0 Å². The lowest BCUT2D eigenvalue weighted by Crippen LogP contribution is -2.26. The highest BCUT2D eigenvalue weighted by Gasteiger charge is 2.34. The summed E-state index contributed by atoms with van der Waals surface area (Å²) in [6.45, 7) is 0. The number of anilines is 3. The summed E-state index contributed by atoms with van der Waals surface area (Å²) in [4.78, 5) is 11.8. The van der Waals surface area contributed by atoms with Gasteiger partial charge in [-0.1, -0.05) is 30.3 Å². The third-order valence-corrected chi connectivity index (χ3v) is 6.36. The van der Waals surface area contributed by atoms with Gasteiger partial charge in [0.05, 0.1) is 28.5 Å². The summed E-state index contributed by atoms with van der Waals surface area (Å²) >= 11 is 0. The molecular weight excluding hydrogens is 342 g/mol. The molecule has 0 bridgehead atoms. The molecule has 0 N–H and O–H groups in total. The summed E-state index contributed by atoms with van der Waals surface area (Å²) in [6.07, 6.45) is 6.65. The zero-order valence-electron chi connectivity index (χ0n) is 15.3. The second kappa shape index (κ2) is 5.08. The van der Waals surface area contributed by atoms with Crippen molar-refractivity contribution < 1.29 is 0 Å². The third-order valence-electron chi connectivity index (χ3n) is 6.36. The zero-order chi connectivity index (χ0) is 18.2. The maximum absolute atomic E-state index is 4.71. The van der Waals surface area contributed by atoms with Gasteiger partial charge < -0.3 is 4.90 Å². The van der Waals surface area contributed by atoms with Crippen molar-refractivity contribution in [3.63, 3.8) is 0 Å². The highest BCUT2D eigenvalue weighted by Crippen LogP contribution is 2.51. The summed E-state index contributed by atoms with van der Waals surface area (Å²) in [5.74, 6) is 0. The molecule has 0 saturated heterocycles. The van der Waals surface area contributed by atoms with Crippen LogP contribution in [0.4, 0.5) is 17.1 Å². The van der Waals surface area contributed by atoms with Gasteiger partial charge in [-0.2, -0.15) is 0 Å². The third kappa shape index (κ3) is 1.79. The van der Waals surface area contributed by atoms with Crippen LogP contribution in [0.3, 0.4) is 0 Å². The Kier molecular flexibility index (Phi) is 2.64. The Morgan fingerprint density at radius 1 is 0.607 bits per heavy atom. The van der Waals surface area contributed by atoms with Crippen LogP contribution in [0.15, 0.2) is 67.0 Å². The van der Waals surface area contributed by atoms with Gasteiger partial charge in [0.2, 0.25) is 0 Å². The Bertz CT molecular complexity index is 1310. The minimum absolute atomic E-state index is 0.805. The standard InChI is InChI=1S/C25H17N3/c1-2-5-19-15(4-1)10-17-12-18-11-16-7-9-27-22-14-21-23(6-3-8-26-21)28(25(16)22)24(18)13-20(17)19/h1-9,12-13H,10-11,14H2. The summed E-state index contributed by atoms with van der Waals surface area (Å²) in [5, 5.41) is 0. The SMILES string of the molecule is c1ccc2c(c1)Cc1cc3c(cc1-2)N1c2cccnc2Cc2nccc(c21)C3. The van der Waals surface area contributed by atoms with Crippen LogP contribution in [0, 0.1) is 0 Å². The molecule has 0 atom stereocenters. The molecule has 2 aliphatic heterocycles. The molecule has 7 rings (SSSR count). The largest absolute Gasteiger partial charge is 0.306 e. The second-order valence-corrected chi connectivity index (χ2v) is 7.90. The van der Waals surface area contributed by atoms with E-state index in [1.807, 2.05) is 18.5 Å². The summed E-state index contributed by atoms with van der Waals surface area (Å²) in [6, 6.07) is 20.0. The summed E-state index contributed by atoms with van der Waals surface area (Å²) in [7, 11) is 0. The van der Waals surface area contributed by atoms with E-state index in [0.717, 1.165) is 30.7 Å². The highest BCUT2D eigenvalue weighted by molar-refractivity contribution is 5.91. The average molecular weight is 359 g/mol. The second-order valence-electron chi connectivity index (χ2n) is 7.90. The van der Waals surface area contributed by atoms with E-state index in [1.165, 1.54) is 50.4 Å². The van der Waals surface area contributed by atoms with Crippen molar-refractivity contribution >= 4 is 17.1 Å². The van der Waals surface area contributed by atoms with Crippen molar-refractivity contribution in [1.82, 2.24) is 9.97 Å². The summed E-state index contributed by atoms with van der Waals surface area (Å²) in [5.41, 5.74) is 14.4. The van der Waals surface area contributed by atoms with Gasteiger partial charge in [-0.05, 0) is 64.1 Å². The molecule has 2 aromatic heterocycles. The van der Waals surface area contributed by atoms with E-state index in [0.29, 0.717) is 0 Å². The van der Waals surface area contributed by atoms with Crippen molar-refractivity contribution in [3.8, 4) is 11.1 Å². The fraction of sp³-hybridized carbons (Fsp3) is 0.120. The predicted molar refractivity (Wildman–Crippen MR) is 111 cm³/mol. The van der Waals surface area contributed by atoms with Crippen molar-refractivity contribution in [2.24, 2.45) is 0 Å². The Morgan fingerprint density at radius 2 is 1.50 bits per heavy atom. The van der Waals surface area contributed by atoms with E-state index < -0.39 is 0 Å². The van der Waals surface area contributed by atoms with Gasteiger partial charge in [0.15, 0.2) is 0 Å². The predicted octanol–water partition coefficient (Wildman–Crippen LogP) is 5.33. The maximum Gasteiger partial charge on any atom is 0.0717 e. The van der Waals surface area contributed by atoms with Crippen LogP contribution in [0.25, 0.3) is 11.1 Å². The lowest BCUT2D eigenvalue weighted by atomic mass is 9.88. The minimum Gasteiger partial charge on any atom is -0.306 e. The van der Waals surface area contributed by atoms with Crippen LogP contribution < -0.4 is 4.90 Å². The van der Waals surface area contributed by atoms with Gasteiger partial charge in [-0.15, -0.1) is 0 Å². The van der Waals surface area contributed by atoms with Crippen LogP contribution in [-0.2, 0) is 19.3 Å². The molecule has 2 aromatic carbocycles. The lowest BCUT2D eigenvalue weighted by molar-refractivity contribution is 0.926. The molecule has 3 aliphatic rings. The summed E-state index contributed by atoms with van der Waals surface area (Å²) < 4.78 is 0. The van der Waals surface area contributed by atoms with Gasteiger partial charge in [0.1, 0.15) is 0 Å². The van der Waals surface area contributed by atoms with Crippen LogP contribution >= 0.6 is 0 Å². The van der Waals surface area contributed by atoms with Crippen molar-refractivity contribution in [3.05, 3.63) is 101 Å². The van der Waals surface area contributed by atoms with Gasteiger partial charge >= 0.3 is 0 Å². The van der Waals surface area contributed by atoms with Gasteiger partial charge in [0, 0.05) is 25.2 Å². The highest BCUT2D eigenvalue weighted by atomic mass is 15.2. The van der Waals surface area contributed by atoms with Gasteiger partial charge in [-0.25, -0.2) is 0 Å². The first kappa shape index (κ1) is 14.6. The Morgan fingerprint density at radius 3 is 2.50 bits per heavy atom. The van der Waals surface area contributed by atoms with Crippen molar-refractivity contribution in [2.75, 3.05) is 4.90 Å². The first-order chi connectivity index (χ1) is 13.9. The van der Waals surface area contributed by atoms with Crippen molar-refractivity contribution in [2.45, 2.75) is 19.3 Å². The number of nitrogens with zero attached hydrogens (tertiary/aromatic N) is 3. The molecular formula is C25H17N3. The molecule has 3 nitrogen and oxygen atoms in total. The van der Waals surface area contributed by atoms with Gasteiger partial charge in [0.25, 0.3) is 0 Å². The number of hydrogen-bond acceptors (Lipinski definition) is 3. The lowest BCUT2D eigenvalue weighted by Gasteiger charge is -2.38. The molecule has 28 heavy (non-hydrogen) atoms. The quantitative estimate of drug-likeness (QED) is 0.367. The maximum atomic E-state index is 4.71. The van der Waals surface area contributed by atoms with Crippen LogP contribution in [-0.4, -0.2) is 9.97 Å². The molecule has 0 amide bonds. The average Bonchev–Trinajstić information content (AvgIpc) is 3.09. The minimum atomic E-state index is 0.805. The fourth-order valence-corrected chi connectivity index (χ4v) is 5.16. The van der Waals surface area contributed by atoms with E-state index in [1.54, 1.807) is 0 Å². The number of benzene rings is 2.